The van der Waals surface area contributed by atoms with Gasteiger partial charge in [0.25, 0.3) is 0 Å². The van der Waals surface area contributed by atoms with Crippen LogP contribution in [0.5, 0.6) is 0 Å². The van der Waals surface area contributed by atoms with Gasteiger partial charge in [-0.15, -0.1) is 11.3 Å². The van der Waals surface area contributed by atoms with E-state index in [9.17, 15) is 4.39 Å². The van der Waals surface area contributed by atoms with Crippen LogP contribution in [0.4, 0.5) is 10.1 Å². The van der Waals surface area contributed by atoms with E-state index in [4.69, 9.17) is 10.1 Å². The largest absolute Gasteiger partial charge is 0.255 e. The Labute approximate surface area is 178 Å². The summed E-state index contributed by atoms with van der Waals surface area (Å²) in [6.07, 6.45) is 1.73. The minimum Gasteiger partial charge on any atom is -0.255 e. The molecule has 0 N–H and O–H groups in total. The molecular weight excluding hydrogens is 395 g/mol. The number of hydrogen-bond acceptors (Lipinski definition) is 4. The highest BCUT2D eigenvalue weighted by molar-refractivity contribution is 7.07. The Kier molecular flexibility index (Phi) is 5.68. The minimum atomic E-state index is -0.298. The maximum atomic E-state index is 14.6. The molecule has 0 spiro atoms. The van der Waals surface area contributed by atoms with Crippen LogP contribution in [-0.4, -0.2) is 15.4 Å². The normalized spacial score (nSPS) is 12.4. The molecule has 0 radical (unpaired) electrons. The van der Waals surface area contributed by atoms with Crippen molar-refractivity contribution in [2.75, 3.05) is 0 Å². The molecule has 2 aromatic heterocycles. The molecule has 4 rings (SSSR count). The molecule has 0 aliphatic carbocycles. The first-order valence-corrected chi connectivity index (χ1v) is 10.5. The number of aryl methyl sites for hydroxylation is 2. The first kappa shape index (κ1) is 19.9. The molecule has 2 heterocycles. The average Bonchev–Trinajstić information content (AvgIpc) is 3.13. The van der Waals surface area contributed by atoms with E-state index in [0.717, 1.165) is 22.5 Å². The maximum absolute atomic E-state index is 14.6. The SMILES string of the molecule is CC(=Nn1c(-c2ccccc2F)csc1=Nc1cc(C)ccc1C)c1ccccn1. The highest BCUT2D eigenvalue weighted by Crippen LogP contribution is 2.25. The van der Waals surface area contributed by atoms with Crippen LogP contribution in [0.25, 0.3) is 11.3 Å². The molecule has 4 nitrogen and oxygen atoms in total. The number of aromatic nitrogens is 2. The number of nitrogens with zero attached hydrogens (tertiary/aromatic N) is 4. The van der Waals surface area contributed by atoms with Crippen molar-refractivity contribution in [3.8, 4) is 11.3 Å². The fourth-order valence-corrected chi connectivity index (χ4v) is 3.88. The number of hydrogen-bond donors (Lipinski definition) is 0. The summed E-state index contributed by atoms with van der Waals surface area (Å²) in [5.41, 5.74) is 5.67. The molecule has 0 saturated carbocycles. The van der Waals surface area contributed by atoms with Crippen LogP contribution in [0.1, 0.15) is 23.7 Å². The van der Waals surface area contributed by atoms with Gasteiger partial charge in [-0.1, -0.05) is 30.3 Å². The number of pyridine rings is 1. The number of thiazole rings is 1. The molecule has 6 heteroatoms. The molecule has 0 amide bonds. The Balaban J connectivity index is 1.95. The van der Waals surface area contributed by atoms with Gasteiger partial charge >= 0.3 is 0 Å². The van der Waals surface area contributed by atoms with E-state index >= 15 is 0 Å². The standard InChI is InChI=1S/C24H21FN4S/c1-16-11-12-17(2)22(14-16)27-24-29(28-18(3)21-10-6-7-13-26-21)23(15-30-24)19-8-4-5-9-20(19)25/h4-15H,1-3H3. The number of halogens is 1. The zero-order chi connectivity index (χ0) is 21.1. The molecule has 0 saturated heterocycles. The molecule has 0 aliphatic rings. The van der Waals surface area contributed by atoms with Crippen molar-refractivity contribution < 1.29 is 4.39 Å². The summed E-state index contributed by atoms with van der Waals surface area (Å²) < 4.78 is 16.3. The predicted octanol–water partition coefficient (Wildman–Crippen LogP) is 5.87. The van der Waals surface area contributed by atoms with Gasteiger partial charge in [0.2, 0.25) is 4.80 Å². The lowest BCUT2D eigenvalue weighted by atomic mass is 10.1. The lowest BCUT2D eigenvalue weighted by Gasteiger charge is -2.07. The van der Waals surface area contributed by atoms with Gasteiger partial charge in [-0.2, -0.15) is 5.10 Å². The van der Waals surface area contributed by atoms with E-state index in [0.29, 0.717) is 21.8 Å². The highest BCUT2D eigenvalue weighted by atomic mass is 32.1. The van der Waals surface area contributed by atoms with Crippen LogP contribution in [0, 0.1) is 19.7 Å². The summed E-state index contributed by atoms with van der Waals surface area (Å²) in [6, 6.07) is 18.5. The lowest BCUT2D eigenvalue weighted by molar-refractivity contribution is 0.629. The lowest BCUT2D eigenvalue weighted by Crippen LogP contribution is -2.14. The van der Waals surface area contributed by atoms with E-state index in [1.807, 2.05) is 62.5 Å². The summed E-state index contributed by atoms with van der Waals surface area (Å²) in [5, 5.41) is 6.66. The van der Waals surface area contributed by atoms with Gasteiger partial charge in [-0.3, -0.25) is 4.98 Å². The second kappa shape index (κ2) is 8.55. The summed E-state index contributed by atoms with van der Waals surface area (Å²) in [7, 11) is 0. The molecular formula is C24H21FN4S. The second-order valence-electron chi connectivity index (χ2n) is 7.00. The Hall–Kier alpha value is -3.38. The first-order chi connectivity index (χ1) is 14.5. The fourth-order valence-electron chi connectivity index (χ4n) is 3.05. The van der Waals surface area contributed by atoms with Crippen molar-refractivity contribution in [3.05, 3.63) is 99.7 Å². The van der Waals surface area contributed by atoms with Crippen LogP contribution in [0.3, 0.4) is 0 Å². The van der Waals surface area contributed by atoms with Gasteiger partial charge in [-0.05, 0) is 62.2 Å². The highest BCUT2D eigenvalue weighted by Gasteiger charge is 2.13. The van der Waals surface area contributed by atoms with Crippen molar-refractivity contribution in [2.45, 2.75) is 20.8 Å². The topological polar surface area (TPSA) is 42.5 Å². The quantitative estimate of drug-likeness (QED) is 0.384. The van der Waals surface area contributed by atoms with Gasteiger partial charge in [0.15, 0.2) is 0 Å². The monoisotopic (exact) mass is 416 g/mol. The van der Waals surface area contributed by atoms with Gasteiger partial charge in [0, 0.05) is 17.1 Å². The molecule has 0 atom stereocenters. The third kappa shape index (κ3) is 4.14. The molecule has 0 aliphatic heterocycles. The Bertz CT molecular complexity index is 1290. The summed E-state index contributed by atoms with van der Waals surface area (Å²) in [5.74, 6) is -0.298. The smallest absolute Gasteiger partial charge is 0.211 e. The molecule has 0 bridgehead atoms. The second-order valence-corrected chi connectivity index (χ2v) is 7.83. The molecule has 150 valence electrons. The average molecular weight is 417 g/mol. The van der Waals surface area contributed by atoms with Crippen LogP contribution < -0.4 is 4.80 Å². The van der Waals surface area contributed by atoms with Gasteiger partial charge in [0.1, 0.15) is 5.82 Å². The van der Waals surface area contributed by atoms with Crippen molar-refractivity contribution in [2.24, 2.45) is 10.1 Å². The fraction of sp³-hybridized carbons (Fsp3) is 0.125. The van der Waals surface area contributed by atoms with E-state index in [2.05, 4.69) is 11.1 Å². The Morgan fingerprint density at radius 2 is 1.83 bits per heavy atom. The molecule has 30 heavy (non-hydrogen) atoms. The van der Waals surface area contributed by atoms with Gasteiger partial charge in [0.05, 0.1) is 22.8 Å². The summed E-state index contributed by atoms with van der Waals surface area (Å²) >= 11 is 1.43. The van der Waals surface area contributed by atoms with Gasteiger partial charge in [-0.25, -0.2) is 14.1 Å². The maximum Gasteiger partial charge on any atom is 0.211 e. The van der Waals surface area contributed by atoms with E-state index in [1.54, 1.807) is 23.0 Å². The van der Waals surface area contributed by atoms with E-state index in [-0.39, 0.29) is 5.82 Å². The van der Waals surface area contributed by atoms with Crippen LogP contribution >= 0.6 is 11.3 Å². The van der Waals surface area contributed by atoms with Crippen molar-refractivity contribution >= 4 is 22.7 Å². The van der Waals surface area contributed by atoms with Crippen LogP contribution in [0.15, 0.2) is 82.3 Å². The van der Waals surface area contributed by atoms with Crippen LogP contribution in [-0.2, 0) is 0 Å². The first-order valence-electron chi connectivity index (χ1n) is 9.57. The Morgan fingerprint density at radius 3 is 2.60 bits per heavy atom. The zero-order valence-electron chi connectivity index (χ0n) is 17.0. The third-order valence-corrected chi connectivity index (χ3v) is 5.52. The number of rotatable bonds is 4. The van der Waals surface area contributed by atoms with Crippen molar-refractivity contribution in [3.63, 3.8) is 0 Å². The van der Waals surface area contributed by atoms with Gasteiger partial charge < -0.3 is 0 Å². The molecule has 4 aromatic rings. The number of benzene rings is 2. The van der Waals surface area contributed by atoms with Crippen molar-refractivity contribution in [1.82, 2.24) is 9.66 Å². The van der Waals surface area contributed by atoms with E-state index in [1.165, 1.54) is 17.4 Å². The van der Waals surface area contributed by atoms with E-state index < -0.39 is 0 Å². The third-order valence-electron chi connectivity index (χ3n) is 4.70. The summed E-state index contributed by atoms with van der Waals surface area (Å²) in [6.45, 7) is 5.95. The minimum absolute atomic E-state index is 0.298. The molecule has 0 fully saturated rings. The van der Waals surface area contributed by atoms with Crippen LogP contribution in [0.2, 0.25) is 0 Å². The molecule has 0 unspecified atom stereocenters. The predicted molar refractivity (Wildman–Crippen MR) is 121 cm³/mol. The Morgan fingerprint density at radius 1 is 1.03 bits per heavy atom. The molecule has 2 aromatic carbocycles. The zero-order valence-corrected chi connectivity index (χ0v) is 17.8. The summed E-state index contributed by atoms with van der Waals surface area (Å²) in [4.78, 5) is 9.89. The van der Waals surface area contributed by atoms with Crippen molar-refractivity contribution in [1.29, 1.82) is 0 Å².